The number of nitrogens with one attached hydrogen (secondary N) is 1. The second kappa shape index (κ2) is 5.66. The van der Waals surface area contributed by atoms with E-state index in [2.05, 4.69) is 0 Å². The molecule has 1 aliphatic rings. The van der Waals surface area contributed by atoms with Crippen LogP contribution in [0.5, 0.6) is 0 Å². The lowest BCUT2D eigenvalue weighted by atomic mass is 10.1. The molecule has 0 saturated carbocycles. The van der Waals surface area contributed by atoms with Crippen molar-refractivity contribution in [3.05, 3.63) is 64.7 Å². The number of benzene rings is 2. The van der Waals surface area contributed by atoms with E-state index < -0.39 is 17.6 Å². The fourth-order valence-corrected chi connectivity index (χ4v) is 2.58. The van der Waals surface area contributed by atoms with Gasteiger partial charge in [-0.05, 0) is 36.8 Å². The molecule has 2 aromatic rings. The number of aryl methyl sites for hydroxylation is 1. The first-order valence-electron chi connectivity index (χ1n) is 7.01. The number of hydrogen-bond acceptors (Lipinski definition) is 4. The van der Waals surface area contributed by atoms with Crippen LogP contribution in [0.3, 0.4) is 0 Å². The topological polar surface area (TPSA) is 86.7 Å². The fraction of sp³-hybridized carbons (Fsp3) is 0.118. The fourth-order valence-electron chi connectivity index (χ4n) is 2.58. The van der Waals surface area contributed by atoms with Gasteiger partial charge in [0.15, 0.2) is 0 Å². The number of hydroxylamine groups is 1. The van der Waals surface area contributed by atoms with Crippen molar-refractivity contribution < 1.29 is 19.6 Å². The second-order valence-electron chi connectivity index (χ2n) is 5.38. The molecule has 6 nitrogen and oxygen atoms in total. The molecule has 0 radical (unpaired) electrons. The Labute approximate surface area is 132 Å². The largest absolute Gasteiger partial charge is 0.300 e. The van der Waals surface area contributed by atoms with Gasteiger partial charge in [0.25, 0.3) is 17.6 Å². The van der Waals surface area contributed by atoms with E-state index in [1.165, 1.54) is 4.90 Å². The van der Waals surface area contributed by atoms with E-state index in [4.69, 9.17) is 5.21 Å². The summed E-state index contributed by atoms with van der Waals surface area (Å²) in [6.07, 6.45) is 0. The summed E-state index contributed by atoms with van der Waals surface area (Å²) in [6, 6.07) is 11.8. The van der Waals surface area contributed by atoms with Crippen LogP contribution in [0.25, 0.3) is 0 Å². The highest BCUT2D eigenvalue weighted by atomic mass is 16.5. The van der Waals surface area contributed by atoms with Gasteiger partial charge in [-0.3, -0.25) is 19.6 Å². The van der Waals surface area contributed by atoms with Gasteiger partial charge in [-0.2, -0.15) is 0 Å². The quantitative estimate of drug-likeness (QED) is 0.514. The first-order valence-corrected chi connectivity index (χ1v) is 7.01. The van der Waals surface area contributed by atoms with Crippen molar-refractivity contribution in [2.75, 3.05) is 4.90 Å². The van der Waals surface area contributed by atoms with Crippen molar-refractivity contribution in [2.24, 2.45) is 0 Å². The zero-order chi connectivity index (χ0) is 16.6. The molecular formula is C17H14N2O4. The van der Waals surface area contributed by atoms with Gasteiger partial charge in [0.05, 0.1) is 17.8 Å². The molecule has 2 aromatic carbocycles. The number of amides is 2. The van der Waals surface area contributed by atoms with Gasteiger partial charge < -0.3 is 4.90 Å². The lowest BCUT2D eigenvalue weighted by Crippen LogP contribution is -2.29. The Balaban J connectivity index is 1.88. The van der Waals surface area contributed by atoms with Crippen LogP contribution in [0.4, 0.5) is 5.69 Å². The number of Topliss-reactive ketones (excluding diaryl/α,β-unsaturated/α-hetero) is 1. The maximum Gasteiger partial charge on any atom is 0.299 e. The van der Waals surface area contributed by atoms with Crippen LogP contribution in [0.15, 0.2) is 42.5 Å². The van der Waals surface area contributed by atoms with E-state index in [9.17, 15) is 14.4 Å². The van der Waals surface area contributed by atoms with Crippen LogP contribution in [0.1, 0.15) is 31.8 Å². The van der Waals surface area contributed by atoms with E-state index in [0.717, 1.165) is 11.1 Å². The molecule has 0 fully saturated rings. The molecule has 0 aromatic heterocycles. The van der Waals surface area contributed by atoms with Gasteiger partial charge in [0, 0.05) is 5.56 Å². The molecule has 2 N–H and O–H groups in total. The molecule has 0 unspecified atom stereocenters. The second-order valence-corrected chi connectivity index (χ2v) is 5.38. The number of fused-ring (bicyclic) bond motifs is 1. The van der Waals surface area contributed by atoms with Crippen LogP contribution in [-0.2, 0) is 11.3 Å². The standard InChI is InChI=1S/C17H14N2O4/c1-10-2-7-14-13(8-10)15(20)17(22)19(14)9-11-3-5-12(6-4-11)16(21)18-23/h2-8,23H,9H2,1H3,(H,18,21). The van der Waals surface area contributed by atoms with Gasteiger partial charge in [-0.1, -0.05) is 23.8 Å². The molecule has 2 amide bonds. The van der Waals surface area contributed by atoms with Crippen LogP contribution in [0.2, 0.25) is 0 Å². The van der Waals surface area contributed by atoms with Crippen molar-refractivity contribution in [3.63, 3.8) is 0 Å². The monoisotopic (exact) mass is 310 g/mol. The average molecular weight is 310 g/mol. The molecule has 0 bridgehead atoms. The van der Waals surface area contributed by atoms with Crippen molar-refractivity contribution in [3.8, 4) is 0 Å². The van der Waals surface area contributed by atoms with E-state index in [1.807, 2.05) is 13.0 Å². The molecule has 0 aliphatic carbocycles. The zero-order valence-corrected chi connectivity index (χ0v) is 12.4. The van der Waals surface area contributed by atoms with Crippen LogP contribution in [0, 0.1) is 6.92 Å². The summed E-state index contributed by atoms with van der Waals surface area (Å²) < 4.78 is 0. The molecule has 3 rings (SSSR count). The lowest BCUT2D eigenvalue weighted by Gasteiger charge is -2.16. The van der Waals surface area contributed by atoms with Crippen LogP contribution in [-0.4, -0.2) is 22.8 Å². The van der Waals surface area contributed by atoms with Crippen LogP contribution >= 0.6 is 0 Å². The number of carbonyl (C=O) groups is 3. The summed E-state index contributed by atoms with van der Waals surface area (Å²) in [5.74, 6) is -1.66. The Hall–Kier alpha value is -2.99. The number of nitrogens with zero attached hydrogens (tertiary/aromatic N) is 1. The Kier molecular flexibility index (Phi) is 3.67. The molecule has 6 heteroatoms. The van der Waals surface area contributed by atoms with Crippen LogP contribution < -0.4 is 10.4 Å². The minimum Gasteiger partial charge on any atom is -0.300 e. The van der Waals surface area contributed by atoms with E-state index >= 15 is 0 Å². The molecule has 1 aliphatic heterocycles. The number of ketones is 1. The third-order valence-electron chi connectivity index (χ3n) is 3.79. The predicted molar refractivity (Wildman–Crippen MR) is 82.4 cm³/mol. The smallest absolute Gasteiger partial charge is 0.299 e. The van der Waals surface area contributed by atoms with Crippen molar-refractivity contribution in [1.82, 2.24) is 5.48 Å². The Morgan fingerprint density at radius 1 is 1.13 bits per heavy atom. The summed E-state index contributed by atoms with van der Waals surface area (Å²) in [5, 5.41) is 8.59. The number of hydrogen-bond donors (Lipinski definition) is 2. The molecule has 23 heavy (non-hydrogen) atoms. The average Bonchev–Trinajstić information content (AvgIpc) is 2.79. The van der Waals surface area contributed by atoms with Crippen molar-refractivity contribution in [1.29, 1.82) is 0 Å². The third kappa shape index (κ3) is 2.60. The third-order valence-corrected chi connectivity index (χ3v) is 3.79. The molecular weight excluding hydrogens is 296 g/mol. The molecule has 0 atom stereocenters. The van der Waals surface area contributed by atoms with Gasteiger partial charge in [-0.15, -0.1) is 0 Å². The zero-order valence-electron chi connectivity index (χ0n) is 12.4. The normalized spacial score (nSPS) is 13.2. The molecule has 0 spiro atoms. The SMILES string of the molecule is Cc1ccc2c(c1)C(=O)C(=O)N2Cc1ccc(C(=O)NO)cc1. The minimum atomic E-state index is -0.607. The Morgan fingerprint density at radius 3 is 2.48 bits per heavy atom. The van der Waals surface area contributed by atoms with Gasteiger partial charge in [0.2, 0.25) is 0 Å². The molecule has 116 valence electrons. The summed E-state index contributed by atoms with van der Waals surface area (Å²) in [5.41, 5.74) is 4.58. The molecule has 1 heterocycles. The maximum absolute atomic E-state index is 12.2. The maximum atomic E-state index is 12.2. The number of anilines is 1. The highest BCUT2D eigenvalue weighted by Crippen LogP contribution is 2.31. The summed E-state index contributed by atoms with van der Waals surface area (Å²) in [6.45, 7) is 2.10. The molecule has 0 saturated heterocycles. The van der Waals surface area contributed by atoms with Gasteiger partial charge >= 0.3 is 0 Å². The van der Waals surface area contributed by atoms with E-state index in [1.54, 1.807) is 41.9 Å². The first kappa shape index (κ1) is 14.9. The van der Waals surface area contributed by atoms with Crippen molar-refractivity contribution >= 4 is 23.3 Å². The van der Waals surface area contributed by atoms with Gasteiger partial charge in [0.1, 0.15) is 0 Å². The number of carbonyl (C=O) groups excluding carboxylic acids is 3. The highest BCUT2D eigenvalue weighted by molar-refractivity contribution is 6.52. The Bertz CT molecular complexity index is 812. The number of rotatable bonds is 3. The summed E-state index contributed by atoms with van der Waals surface area (Å²) in [4.78, 5) is 37.0. The lowest BCUT2D eigenvalue weighted by molar-refractivity contribution is -0.114. The van der Waals surface area contributed by atoms with Gasteiger partial charge in [-0.25, -0.2) is 5.48 Å². The van der Waals surface area contributed by atoms with E-state index in [0.29, 0.717) is 16.8 Å². The first-order chi connectivity index (χ1) is 11.0. The van der Waals surface area contributed by atoms with E-state index in [-0.39, 0.29) is 6.54 Å². The minimum absolute atomic E-state index is 0.238. The Morgan fingerprint density at radius 2 is 1.83 bits per heavy atom. The highest BCUT2D eigenvalue weighted by Gasteiger charge is 2.35. The summed E-state index contributed by atoms with van der Waals surface area (Å²) in [7, 11) is 0. The van der Waals surface area contributed by atoms with Crippen molar-refractivity contribution in [2.45, 2.75) is 13.5 Å². The predicted octanol–water partition coefficient (Wildman–Crippen LogP) is 1.84. The summed E-state index contributed by atoms with van der Waals surface area (Å²) >= 11 is 0.